The van der Waals surface area contributed by atoms with Crippen molar-refractivity contribution >= 4 is 52.3 Å². The Labute approximate surface area is 243 Å². The van der Waals surface area contributed by atoms with Gasteiger partial charge in [-0.05, 0) is 48.8 Å². The van der Waals surface area contributed by atoms with Gasteiger partial charge in [0.2, 0.25) is 17.7 Å². The Morgan fingerprint density at radius 1 is 0.976 bits per heavy atom. The molecule has 0 radical (unpaired) electrons. The summed E-state index contributed by atoms with van der Waals surface area (Å²) >= 11 is 1.51. The SMILES string of the molecule is CSCCC(NC(=O)C(N)C(C)C)C(=O)NC(Cc1c[nH]c2ccccc12)C(=O)NC(CCCN=C(N)N)C(=O)O. The fourth-order valence-corrected chi connectivity index (χ4v) is 4.58. The number of thioether (sulfide) groups is 1. The Balaban J connectivity index is 2.29. The van der Waals surface area contributed by atoms with E-state index in [2.05, 4.69) is 25.9 Å². The third-order valence-corrected chi connectivity index (χ3v) is 7.20. The molecule has 0 aliphatic heterocycles. The zero-order chi connectivity index (χ0) is 30.5. The second-order valence-corrected chi connectivity index (χ2v) is 11.1. The lowest BCUT2D eigenvalue weighted by molar-refractivity contribution is -0.142. The smallest absolute Gasteiger partial charge is 0.326 e. The number of amides is 3. The first kappa shape index (κ1) is 33.4. The number of hydrogen-bond acceptors (Lipinski definition) is 7. The van der Waals surface area contributed by atoms with Crippen molar-refractivity contribution in [3.63, 3.8) is 0 Å². The summed E-state index contributed by atoms with van der Waals surface area (Å²) in [7, 11) is 0. The number of nitrogens with zero attached hydrogens (tertiary/aromatic N) is 1. The number of hydrogen-bond donors (Lipinski definition) is 8. The largest absolute Gasteiger partial charge is 0.480 e. The molecule has 2 rings (SSSR count). The van der Waals surface area contributed by atoms with Crippen LogP contribution in [0.5, 0.6) is 0 Å². The van der Waals surface area contributed by atoms with E-state index in [-0.39, 0.29) is 31.3 Å². The predicted molar refractivity (Wildman–Crippen MR) is 161 cm³/mol. The molecule has 4 unspecified atom stereocenters. The number of aliphatic carboxylic acids is 1. The van der Waals surface area contributed by atoms with E-state index >= 15 is 0 Å². The molecule has 0 aliphatic carbocycles. The minimum Gasteiger partial charge on any atom is -0.480 e. The molecule has 2 aromatic rings. The van der Waals surface area contributed by atoms with Gasteiger partial charge in [0.1, 0.15) is 18.1 Å². The highest BCUT2D eigenvalue weighted by Gasteiger charge is 2.31. The first-order valence-corrected chi connectivity index (χ1v) is 14.8. The van der Waals surface area contributed by atoms with E-state index in [0.717, 1.165) is 16.5 Å². The molecule has 4 atom stereocenters. The van der Waals surface area contributed by atoms with Gasteiger partial charge in [-0.2, -0.15) is 11.8 Å². The number of rotatable bonds is 17. The van der Waals surface area contributed by atoms with E-state index in [4.69, 9.17) is 17.2 Å². The standard InChI is InChI=1S/C27H42N8O5S/c1-15(2)22(28)25(38)33-19(10-12-41-3)23(36)35-21(13-16-14-32-18-8-5-4-7-17(16)18)24(37)34-20(26(39)40)9-6-11-31-27(29)30/h4-5,7-8,14-15,19-22,32H,6,9-13,28H2,1-3H3,(H,33,38)(H,34,37)(H,35,36)(H,39,40)(H4,29,30,31). The molecule has 14 heteroatoms. The number of para-hydroxylation sites is 1. The maximum absolute atomic E-state index is 13.5. The van der Waals surface area contributed by atoms with Crippen LogP contribution in [0.15, 0.2) is 35.5 Å². The van der Waals surface area contributed by atoms with Crippen LogP contribution in [-0.2, 0) is 25.6 Å². The number of benzene rings is 1. The summed E-state index contributed by atoms with van der Waals surface area (Å²) in [6.45, 7) is 3.81. The summed E-state index contributed by atoms with van der Waals surface area (Å²) in [4.78, 5) is 58.5. The number of carboxylic acids is 1. The van der Waals surface area contributed by atoms with Crippen molar-refractivity contribution in [3.05, 3.63) is 36.0 Å². The molecule has 1 aromatic heterocycles. The molecule has 0 saturated heterocycles. The summed E-state index contributed by atoms with van der Waals surface area (Å²) in [6.07, 6.45) is 4.40. The van der Waals surface area contributed by atoms with Crippen molar-refractivity contribution in [1.82, 2.24) is 20.9 Å². The molecule has 0 aliphatic rings. The van der Waals surface area contributed by atoms with Crippen molar-refractivity contribution in [1.29, 1.82) is 0 Å². The average molecular weight is 591 g/mol. The molecule has 1 heterocycles. The summed E-state index contributed by atoms with van der Waals surface area (Å²) in [5.74, 6) is -2.61. The Morgan fingerprint density at radius 3 is 2.24 bits per heavy atom. The number of nitrogens with two attached hydrogens (primary N) is 3. The lowest BCUT2D eigenvalue weighted by Gasteiger charge is -2.25. The second-order valence-electron chi connectivity index (χ2n) is 10.1. The quantitative estimate of drug-likeness (QED) is 0.0705. The zero-order valence-corrected chi connectivity index (χ0v) is 24.5. The summed E-state index contributed by atoms with van der Waals surface area (Å²) in [6, 6.07) is 3.40. The van der Waals surface area contributed by atoms with Crippen molar-refractivity contribution in [2.45, 2.75) is 63.7 Å². The van der Waals surface area contributed by atoms with Crippen LogP contribution < -0.4 is 33.2 Å². The first-order valence-electron chi connectivity index (χ1n) is 13.4. The maximum Gasteiger partial charge on any atom is 0.326 e. The van der Waals surface area contributed by atoms with Crippen molar-refractivity contribution in [2.24, 2.45) is 28.1 Å². The molecule has 3 amide bonds. The number of fused-ring (bicyclic) bond motifs is 1. The molecule has 13 nitrogen and oxygen atoms in total. The van der Waals surface area contributed by atoms with E-state index < -0.39 is 47.9 Å². The highest BCUT2D eigenvalue weighted by atomic mass is 32.2. The van der Waals surface area contributed by atoms with E-state index in [1.165, 1.54) is 11.8 Å². The number of aromatic nitrogens is 1. The second kappa shape index (κ2) is 16.5. The van der Waals surface area contributed by atoms with Gasteiger partial charge in [-0.3, -0.25) is 19.4 Å². The number of aliphatic imine (C=N–C) groups is 1. The average Bonchev–Trinajstić information content (AvgIpc) is 3.33. The van der Waals surface area contributed by atoms with Gasteiger partial charge in [0.15, 0.2) is 5.96 Å². The van der Waals surface area contributed by atoms with Gasteiger partial charge in [0.05, 0.1) is 6.04 Å². The maximum atomic E-state index is 13.5. The number of guanidine groups is 1. The molecular weight excluding hydrogens is 548 g/mol. The minimum absolute atomic E-state index is 0.0745. The van der Waals surface area contributed by atoms with Gasteiger partial charge < -0.3 is 43.2 Å². The van der Waals surface area contributed by atoms with Crippen LogP contribution >= 0.6 is 11.8 Å². The van der Waals surface area contributed by atoms with E-state index in [9.17, 15) is 24.3 Å². The van der Waals surface area contributed by atoms with Gasteiger partial charge in [-0.25, -0.2) is 4.79 Å². The highest BCUT2D eigenvalue weighted by molar-refractivity contribution is 7.98. The van der Waals surface area contributed by atoms with E-state index in [1.807, 2.05) is 30.5 Å². The van der Waals surface area contributed by atoms with Crippen LogP contribution in [0.3, 0.4) is 0 Å². The van der Waals surface area contributed by atoms with Crippen LogP contribution in [0.25, 0.3) is 10.9 Å². The van der Waals surface area contributed by atoms with Crippen LogP contribution in [0, 0.1) is 5.92 Å². The molecule has 0 fully saturated rings. The lowest BCUT2D eigenvalue weighted by Crippen LogP contribution is -2.58. The van der Waals surface area contributed by atoms with Gasteiger partial charge in [0.25, 0.3) is 0 Å². The van der Waals surface area contributed by atoms with Crippen molar-refractivity contribution < 1.29 is 24.3 Å². The Kier molecular flexibility index (Phi) is 13.4. The fourth-order valence-electron chi connectivity index (χ4n) is 4.11. The van der Waals surface area contributed by atoms with Gasteiger partial charge in [-0.15, -0.1) is 0 Å². The zero-order valence-electron chi connectivity index (χ0n) is 23.7. The monoisotopic (exact) mass is 590 g/mol. The third-order valence-electron chi connectivity index (χ3n) is 6.56. The lowest BCUT2D eigenvalue weighted by atomic mass is 10.0. The molecule has 1 aromatic carbocycles. The number of nitrogens with one attached hydrogen (secondary N) is 4. The molecule has 0 saturated carbocycles. The molecule has 11 N–H and O–H groups in total. The molecule has 226 valence electrons. The number of carbonyl (C=O) groups is 4. The fraction of sp³-hybridized carbons (Fsp3) is 0.519. The summed E-state index contributed by atoms with van der Waals surface area (Å²) in [5, 5.41) is 18.6. The third kappa shape index (κ3) is 10.6. The molecular formula is C27H42N8O5S. The van der Waals surface area contributed by atoms with Crippen LogP contribution in [-0.4, -0.2) is 82.5 Å². The van der Waals surface area contributed by atoms with Gasteiger partial charge in [0, 0.05) is 30.1 Å². The number of carboxylic acid groups (broad SMARTS) is 1. The highest BCUT2D eigenvalue weighted by Crippen LogP contribution is 2.19. The Bertz CT molecular complexity index is 1210. The summed E-state index contributed by atoms with van der Waals surface area (Å²) in [5.41, 5.74) is 18.2. The van der Waals surface area contributed by atoms with Crippen molar-refractivity contribution in [2.75, 3.05) is 18.6 Å². The van der Waals surface area contributed by atoms with Crippen LogP contribution in [0.2, 0.25) is 0 Å². The normalized spacial score (nSPS) is 14.1. The molecule has 41 heavy (non-hydrogen) atoms. The minimum atomic E-state index is -1.23. The van der Waals surface area contributed by atoms with Crippen LogP contribution in [0.1, 0.15) is 38.7 Å². The van der Waals surface area contributed by atoms with Crippen molar-refractivity contribution in [3.8, 4) is 0 Å². The summed E-state index contributed by atoms with van der Waals surface area (Å²) < 4.78 is 0. The van der Waals surface area contributed by atoms with Gasteiger partial charge in [-0.1, -0.05) is 32.0 Å². The topological polar surface area (TPSA) is 231 Å². The number of carbonyl (C=O) groups excluding carboxylic acids is 3. The predicted octanol–water partition coefficient (Wildman–Crippen LogP) is 0.0394. The molecule has 0 spiro atoms. The number of aromatic amines is 1. The van der Waals surface area contributed by atoms with E-state index in [1.54, 1.807) is 20.0 Å². The first-order chi connectivity index (χ1) is 19.4. The number of H-pyrrole nitrogens is 1. The van der Waals surface area contributed by atoms with Crippen LogP contribution in [0.4, 0.5) is 0 Å². The van der Waals surface area contributed by atoms with E-state index in [0.29, 0.717) is 18.6 Å². The molecule has 0 bridgehead atoms. The van der Waals surface area contributed by atoms with Gasteiger partial charge >= 0.3 is 5.97 Å². The Morgan fingerprint density at radius 2 is 1.61 bits per heavy atom. The Hall–Kier alpha value is -3.78.